The van der Waals surface area contributed by atoms with Crippen LogP contribution in [0.5, 0.6) is 0 Å². The fraction of sp³-hybridized carbons (Fsp3) is 0.583. The molecule has 0 saturated carbocycles. The zero-order valence-corrected chi connectivity index (χ0v) is 54.0. The van der Waals surface area contributed by atoms with Crippen LogP contribution in [-0.2, 0) is 23.2 Å². The molecule has 0 unspecified atom stereocenters. The standard InChI is InChI=1S/2C25H46N.C22H18BCl3O3/c2*1-4-5-6-7-8-9-10-11-12-13-14-15-16-20-23-26(2,3)24-25-21-18-17-19-22-25;24-19-8-1-5-16(13-19)22(11-4-12-29-23(27)28,17-6-2-9-20(25)14-17)18-7-3-10-21(26)15-18/h2*17-19,21-22H,4-16,20,23-24H2,1-3H3;1-3,5-10,13-15H,4,11-12H2/q2*+1;-2. The van der Waals surface area contributed by atoms with Gasteiger partial charge in [-0.15, -0.1) is 0 Å². The number of nitrogens with zero attached hydrogens (tertiary/aromatic N) is 2. The molecule has 5 aromatic carbocycles. The van der Waals surface area contributed by atoms with Gasteiger partial charge in [-0.25, -0.2) is 0 Å². The highest BCUT2D eigenvalue weighted by atomic mass is 35.5. The minimum absolute atomic E-state index is 0.0567. The van der Waals surface area contributed by atoms with E-state index >= 15 is 0 Å². The van der Waals surface area contributed by atoms with E-state index in [-0.39, 0.29) is 6.61 Å². The highest BCUT2D eigenvalue weighted by Gasteiger charge is 2.36. The van der Waals surface area contributed by atoms with Crippen molar-refractivity contribution in [1.29, 1.82) is 0 Å². The summed E-state index contributed by atoms with van der Waals surface area (Å²) in [6.45, 7) is 9.55. The molecule has 0 amide bonds. The van der Waals surface area contributed by atoms with Crippen LogP contribution in [0.1, 0.15) is 234 Å². The second kappa shape index (κ2) is 44.3. The van der Waals surface area contributed by atoms with Gasteiger partial charge in [-0.3, -0.25) is 0 Å². The third-order valence-corrected chi connectivity index (χ3v) is 16.7. The first-order valence-corrected chi connectivity index (χ1v) is 33.3. The molecule has 0 aliphatic heterocycles. The van der Waals surface area contributed by atoms with Crippen molar-refractivity contribution >= 4 is 42.1 Å². The summed E-state index contributed by atoms with van der Waals surface area (Å²) in [5, 5.41) is 23.3. The van der Waals surface area contributed by atoms with Gasteiger partial charge in [0.05, 0.1) is 48.6 Å². The molecule has 0 saturated heterocycles. The molecule has 0 fully saturated rings. The summed E-state index contributed by atoms with van der Waals surface area (Å²) in [6.07, 6.45) is 41.4. The number of unbranched alkanes of at least 4 members (excludes halogenated alkanes) is 26. The highest BCUT2D eigenvalue weighted by Crippen LogP contribution is 2.45. The lowest BCUT2D eigenvalue weighted by molar-refractivity contribution is -0.903. The maximum absolute atomic E-state index is 10.8. The van der Waals surface area contributed by atoms with Crippen LogP contribution in [0, 0.1) is 0 Å². The molecule has 0 spiro atoms. The van der Waals surface area contributed by atoms with Gasteiger partial charge < -0.3 is 23.7 Å². The maximum atomic E-state index is 10.8. The molecule has 450 valence electrons. The van der Waals surface area contributed by atoms with Crippen LogP contribution in [0.4, 0.5) is 0 Å². The number of benzene rings is 5. The topological polar surface area (TPSA) is 55.3 Å². The highest BCUT2D eigenvalue weighted by molar-refractivity contribution is 6.31. The van der Waals surface area contributed by atoms with Crippen LogP contribution in [0.15, 0.2) is 133 Å². The predicted molar refractivity (Wildman–Crippen MR) is 350 cm³/mol. The van der Waals surface area contributed by atoms with E-state index in [0.717, 1.165) is 38.7 Å². The van der Waals surface area contributed by atoms with Gasteiger partial charge in [0.25, 0.3) is 0 Å². The maximum Gasteiger partial charge on any atom is 0.104 e. The normalized spacial score (nSPS) is 11.7. The van der Waals surface area contributed by atoms with Crippen molar-refractivity contribution in [2.24, 2.45) is 0 Å². The number of quaternary nitrogens is 2. The Hall–Kier alpha value is -3.17. The van der Waals surface area contributed by atoms with Crippen LogP contribution in [0.25, 0.3) is 0 Å². The molecular formula is C72H110BCl3N2O3. The lowest BCUT2D eigenvalue weighted by Gasteiger charge is -2.37. The van der Waals surface area contributed by atoms with E-state index < -0.39 is 12.7 Å². The molecule has 0 radical (unpaired) electrons. The third-order valence-electron chi connectivity index (χ3n) is 16.0. The summed E-state index contributed by atoms with van der Waals surface area (Å²) >= 11 is 19.0. The predicted octanol–water partition coefficient (Wildman–Crippen LogP) is 20.0. The third kappa shape index (κ3) is 33.8. The Morgan fingerprint density at radius 1 is 0.370 bits per heavy atom. The Labute approximate surface area is 511 Å². The number of rotatable bonds is 42. The second-order valence-electron chi connectivity index (χ2n) is 24.5. The summed E-state index contributed by atoms with van der Waals surface area (Å²) in [7, 11) is 7.18. The smallest absolute Gasteiger partial charge is 0.104 e. The van der Waals surface area contributed by atoms with Crippen LogP contribution in [0.3, 0.4) is 0 Å². The Bertz CT molecular complexity index is 2090. The molecule has 5 aromatic rings. The summed E-state index contributed by atoms with van der Waals surface area (Å²) in [4.78, 5) is 0. The molecule has 0 aliphatic carbocycles. The van der Waals surface area contributed by atoms with Gasteiger partial charge in [0.1, 0.15) is 13.1 Å². The van der Waals surface area contributed by atoms with Gasteiger partial charge >= 0.3 is 0 Å². The fourth-order valence-corrected chi connectivity index (χ4v) is 12.1. The van der Waals surface area contributed by atoms with E-state index in [2.05, 4.69) is 103 Å². The first-order valence-electron chi connectivity index (χ1n) is 32.1. The van der Waals surface area contributed by atoms with Crippen molar-refractivity contribution < 1.29 is 23.7 Å². The minimum atomic E-state index is -2.30. The van der Waals surface area contributed by atoms with Crippen molar-refractivity contribution in [3.8, 4) is 0 Å². The van der Waals surface area contributed by atoms with Gasteiger partial charge in [0.2, 0.25) is 0 Å². The summed E-state index contributed by atoms with van der Waals surface area (Å²) in [5.41, 5.74) is 5.14. The lowest BCUT2D eigenvalue weighted by Crippen LogP contribution is -2.48. The molecule has 81 heavy (non-hydrogen) atoms. The average Bonchev–Trinajstić information content (AvgIpc) is 3.55. The van der Waals surface area contributed by atoms with Gasteiger partial charge in [-0.2, -0.15) is 0 Å². The van der Waals surface area contributed by atoms with Crippen LogP contribution in [0.2, 0.25) is 15.1 Å². The number of hydrogen-bond acceptors (Lipinski definition) is 3. The molecular weight excluding hydrogens is 1060 g/mol. The second-order valence-corrected chi connectivity index (χ2v) is 25.8. The molecule has 0 aliphatic rings. The quantitative estimate of drug-likeness (QED) is 0.0169. The van der Waals surface area contributed by atoms with Crippen molar-refractivity contribution in [1.82, 2.24) is 0 Å². The Balaban J connectivity index is 0.000000320. The first-order chi connectivity index (χ1) is 39.2. The van der Waals surface area contributed by atoms with Gasteiger partial charge in [-0.1, -0.05) is 300 Å². The monoisotopic (exact) mass is 1170 g/mol. The van der Waals surface area contributed by atoms with Crippen molar-refractivity contribution in [2.75, 3.05) is 47.9 Å². The summed E-state index contributed by atoms with van der Waals surface area (Å²) in [5.74, 6) is 0. The van der Waals surface area contributed by atoms with E-state index in [1.807, 2.05) is 72.8 Å². The Morgan fingerprint density at radius 3 is 0.926 bits per heavy atom. The van der Waals surface area contributed by atoms with Crippen molar-refractivity contribution in [3.05, 3.63) is 176 Å². The SMILES string of the molecule is CCCCCCCCCCCCCCCC[N+](C)(C)Cc1ccccc1.CCCCCCCCCCCCCCCC[N+](C)(C)Cc1ccccc1.[O-]B([O-])OCCCC(c1cccc(Cl)c1)(c1cccc(Cl)c1)c1cccc(Cl)c1. The zero-order valence-electron chi connectivity index (χ0n) is 51.8. The summed E-state index contributed by atoms with van der Waals surface area (Å²) < 4.78 is 6.95. The van der Waals surface area contributed by atoms with E-state index in [1.165, 1.54) is 204 Å². The molecule has 5 rings (SSSR count). The lowest BCUT2D eigenvalue weighted by atomic mass is 9.67. The molecule has 5 nitrogen and oxygen atoms in total. The minimum Gasteiger partial charge on any atom is -0.871 e. The van der Waals surface area contributed by atoms with Gasteiger partial charge in [0.15, 0.2) is 0 Å². The summed E-state index contributed by atoms with van der Waals surface area (Å²) in [6, 6.07) is 44.7. The number of halogens is 3. The molecule has 9 heteroatoms. The molecule has 0 atom stereocenters. The Morgan fingerprint density at radius 2 is 0.654 bits per heavy atom. The van der Waals surface area contributed by atoms with E-state index in [1.54, 1.807) is 0 Å². The molecule has 0 aromatic heterocycles. The zero-order chi connectivity index (χ0) is 58.7. The van der Waals surface area contributed by atoms with Crippen LogP contribution >= 0.6 is 34.8 Å². The van der Waals surface area contributed by atoms with Crippen molar-refractivity contribution in [2.45, 2.75) is 225 Å². The largest absolute Gasteiger partial charge is 0.871 e. The van der Waals surface area contributed by atoms with Gasteiger partial charge in [0, 0.05) is 38.2 Å². The van der Waals surface area contributed by atoms with E-state index in [0.29, 0.717) is 27.9 Å². The van der Waals surface area contributed by atoms with Crippen LogP contribution in [-0.4, -0.2) is 64.2 Å². The fourth-order valence-electron chi connectivity index (χ4n) is 11.5. The molecule has 0 heterocycles. The molecule has 0 bridgehead atoms. The van der Waals surface area contributed by atoms with Crippen LogP contribution < -0.4 is 10.0 Å². The Kier molecular flexibility index (Phi) is 39.5. The molecule has 0 N–H and O–H groups in total. The van der Waals surface area contributed by atoms with Gasteiger partial charge in [-0.05, 0) is 91.6 Å². The average molecular weight is 1170 g/mol. The first kappa shape index (κ1) is 72.1. The van der Waals surface area contributed by atoms with Crippen molar-refractivity contribution in [3.63, 3.8) is 0 Å². The van der Waals surface area contributed by atoms with E-state index in [9.17, 15) is 10.0 Å². The van der Waals surface area contributed by atoms with E-state index in [4.69, 9.17) is 39.5 Å². The number of hydrogen-bond donors (Lipinski definition) is 0.